The van der Waals surface area contributed by atoms with E-state index in [1.165, 1.54) is 26.9 Å². The van der Waals surface area contributed by atoms with E-state index < -0.39 is 0 Å². The van der Waals surface area contributed by atoms with E-state index in [2.05, 4.69) is 22.1 Å². The highest BCUT2D eigenvalue weighted by Gasteiger charge is 2.25. The lowest BCUT2D eigenvalue weighted by Crippen LogP contribution is -2.16. The first kappa shape index (κ1) is 19.4. The molecule has 3 N–H and O–H groups in total. The molecule has 2 atom stereocenters. The number of hydrogen-bond acceptors (Lipinski definition) is 8. The number of hydrogen-bond donors (Lipinski definition) is 2. The maximum Gasteiger partial charge on any atom is 0.259 e. The van der Waals surface area contributed by atoms with E-state index in [1.54, 1.807) is 17.6 Å². The fourth-order valence-corrected chi connectivity index (χ4v) is 6.15. The van der Waals surface area contributed by atoms with Gasteiger partial charge in [-0.3, -0.25) is 4.79 Å². The molecule has 0 saturated carbocycles. The van der Waals surface area contributed by atoms with Crippen molar-refractivity contribution in [2.45, 2.75) is 50.4 Å². The first-order valence-electron chi connectivity index (χ1n) is 9.88. The molecule has 0 radical (unpaired) electrons. The van der Waals surface area contributed by atoms with Crippen LogP contribution in [0.15, 0.2) is 26.7 Å². The van der Waals surface area contributed by atoms with Crippen LogP contribution in [0.25, 0.3) is 21.6 Å². The summed E-state index contributed by atoms with van der Waals surface area (Å²) < 4.78 is 6.78. The quantitative estimate of drug-likeness (QED) is 0.364. The van der Waals surface area contributed by atoms with Gasteiger partial charge in [0, 0.05) is 4.88 Å². The molecule has 8 nitrogen and oxygen atoms in total. The molecule has 1 aliphatic carbocycles. The van der Waals surface area contributed by atoms with Gasteiger partial charge in [-0.15, -0.1) is 21.5 Å². The Hall–Kier alpha value is -2.59. The third-order valence-corrected chi connectivity index (χ3v) is 7.83. The third kappa shape index (κ3) is 3.14. The summed E-state index contributed by atoms with van der Waals surface area (Å²) in [5.41, 5.74) is 1.94. The number of nitrogens with one attached hydrogen (secondary N) is 1. The molecule has 0 saturated heterocycles. The molecule has 0 fully saturated rings. The number of aryl methyl sites for hydroxylation is 2. The molecule has 0 amide bonds. The van der Waals surface area contributed by atoms with Gasteiger partial charge in [0.1, 0.15) is 16.4 Å². The van der Waals surface area contributed by atoms with E-state index in [0.29, 0.717) is 22.7 Å². The van der Waals surface area contributed by atoms with Crippen molar-refractivity contribution in [2.75, 3.05) is 5.84 Å². The topological polar surface area (TPSA) is 116 Å². The molecule has 0 bridgehead atoms. The zero-order chi connectivity index (χ0) is 21.0. The molecule has 10 heteroatoms. The number of aromatic amines is 1. The molecule has 4 heterocycles. The van der Waals surface area contributed by atoms with Crippen LogP contribution in [-0.2, 0) is 12.8 Å². The van der Waals surface area contributed by atoms with E-state index in [-0.39, 0.29) is 10.8 Å². The number of nitrogens with two attached hydrogens (primary N) is 1. The molecule has 1 aliphatic rings. The van der Waals surface area contributed by atoms with E-state index >= 15 is 0 Å². The second kappa shape index (κ2) is 7.28. The maximum atomic E-state index is 12.9. The highest BCUT2D eigenvalue weighted by molar-refractivity contribution is 7.99. The molecule has 5 rings (SSSR count). The minimum absolute atomic E-state index is 0.0570. The Bertz CT molecular complexity index is 1300. The molecule has 0 aromatic carbocycles. The largest absolute Gasteiger partial charge is 0.469 e. The van der Waals surface area contributed by atoms with E-state index in [1.807, 2.05) is 19.9 Å². The molecular weight excluding hydrogens is 420 g/mol. The van der Waals surface area contributed by atoms with E-state index in [9.17, 15) is 4.79 Å². The van der Waals surface area contributed by atoms with Gasteiger partial charge in [-0.25, -0.2) is 9.66 Å². The Morgan fingerprint density at radius 2 is 2.27 bits per heavy atom. The number of aromatic nitrogens is 5. The Kier molecular flexibility index (Phi) is 4.70. The minimum atomic E-state index is -0.148. The van der Waals surface area contributed by atoms with Crippen LogP contribution in [0.5, 0.6) is 0 Å². The van der Waals surface area contributed by atoms with Crippen LogP contribution in [0.3, 0.4) is 0 Å². The lowest BCUT2D eigenvalue weighted by atomic mass is 9.89. The Balaban J connectivity index is 1.46. The van der Waals surface area contributed by atoms with Gasteiger partial charge in [0.25, 0.3) is 5.56 Å². The number of H-pyrrole nitrogens is 1. The summed E-state index contributed by atoms with van der Waals surface area (Å²) in [6, 6.07) is 1.81. The van der Waals surface area contributed by atoms with Crippen molar-refractivity contribution in [1.82, 2.24) is 24.8 Å². The Labute approximate surface area is 180 Å². The van der Waals surface area contributed by atoms with Crippen LogP contribution in [-0.4, -0.2) is 24.8 Å². The molecule has 4 aromatic heterocycles. The first-order valence-corrected chi connectivity index (χ1v) is 11.6. The van der Waals surface area contributed by atoms with Crippen LogP contribution in [0, 0.1) is 12.8 Å². The van der Waals surface area contributed by atoms with Crippen LogP contribution in [0.2, 0.25) is 0 Å². The van der Waals surface area contributed by atoms with Crippen molar-refractivity contribution in [3.8, 4) is 11.4 Å². The number of fused-ring (bicyclic) bond motifs is 3. The predicted octanol–water partition coefficient (Wildman–Crippen LogP) is 3.84. The highest BCUT2D eigenvalue weighted by Crippen LogP contribution is 2.38. The molecule has 156 valence electrons. The summed E-state index contributed by atoms with van der Waals surface area (Å²) in [5, 5.41) is 9.58. The zero-order valence-corrected chi connectivity index (χ0v) is 18.6. The molecule has 0 unspecified atom stereocenters. The number of thiophene rings is 1. The average molecular weight is 443 g/mol. The van der Waals surface area contributed by atoms with Gasteiger partial charge in [0.15, 0.2) is 5.82 Å². The monoisotopic (exact) mass is 442 g/mol. The van der Waals surface area contributed by atoms with Crippen LogP contribution < -0.4 is 11.4 Å². The van der Waals surface area contributed by atoms with Crippen molar-refractivity contribution >= 4 is 33.3 Å². The summed E-state index contributed by atoms with van der Waals surface area (Å²) in [7, 11) is 0. The van der Waals surface area contributed by atoms with Crippen LogP contribution in [0.1, 0.15) is 47.5 Å². The normalized spacial score (nSPS) is 17.4. The van der Waals surface area contributed by atoms with Crippen molar-refractivity contribution in [3.63, 3.8) is 0 Å². The summed E-state index contributed by atoms with van der Waals surface area (Å²) in [6.45, 7) is 6.09. The number of nitrogens with zero attached hydrogens (tertiary/aromatic N) is 4. The fraction of sp³-hybridized carbons (Fsp3) is 0.400. The molecule has 4 aromatic rings. The third-order valence-electron chi connectivity index (χ3n) is 5.62. The number of thioether (sulfide) groups is 1. The van der Waals surface area contributed by atoms with E-state index in [0.717, 1.165) is 40.8 Å². The van der Waals surface area contributed by atoms with Gasteiger partial charge in [-0.05, 0) is 50.7 Å². The predicted molar refractivity (Wildman–Crippen MR) is 118 cm³/mol. The van der Waals surface area contributed by atoms with Gasteiger partial charge >= 0.3 is 0 Å². The minimum Gasteiger partial charge on any atom is -0.469 e. The summed E-state index contributed by atoms with van der Waals surface area (Å²) in [4.78, 5) is 22.8. The van der Waals surface area contributed by atoms with Gasteiger partial charge in [0.05, 0.1) is 22.5 Å². The van der Waals surface area contributed by atoms with Gasteiger partial charge in [0.2, 0.25) is 5.16 Å². The van der Waals surface area contributed by atoms with Gasteiger partial charge in [-0.1, -0.05) is 18.7 Å². The van der Waals surface area contributed by atoms with Gasteiger partial charge in [-0.2, -0.15) is 0 Å². The SMILES string of the molecule is Cc1occc1-c1nnc(S[C@@H](C)c2nc3sc4c(c3c(=O)[nH]2)CC[C@H](C)C4)n1N. The first-order chi connectivity index (χ1) is 14.4. The Morgan fingerprint density at radius 3 is 3.03 bits per heavy atom. The highest BCUT2D eigenvalue weighted by atomic mass is 32.2. The fourth-order valence-electron chi connectivity index (χ4n) is 3.93. The Morgan fingerprint density at radius 1 is 1.43 bits per heavy atom. The van der Waals surface area contributed by atoms with Crippen molar-refractivity contribution in [1.29, 1.82) is 0 Å². The number of rotatable bonds is 4. The van der Waals surface area contributed by atoms with Crippen LogP contribution >= 0.6 is 23.1 Å². The zero-order valence-electron chi connectivity index (χ0n) is 16.9. The number of furan rings is 1. The summed E-state index contributed by atoms with van der Waals surface area (Å²) >= 11 is 3.06. The maximum absolute atomic E-state index is 12.9. The average Bonchev–Trinajstić information content (AvgIpc) is 3.38. The van der Waals surface area contributed by atoms with Crippen molar-refractivity contribution in [3.05, 3.63) is 44.7 Å². The number of nitrogen functional groups attached to an aromatic ring is 1. The molecule has 0 aliphatic heterocycles. The van der Waals surface area contributed by atoms with Crippen molar-refractivity contribution < 1.29 is 4.42 Å². The lowest BCUT2D eigenvalue weighted by molar-refractivity contribution is 0.509. The smallest absolute Gasteiger partial charge is 0.259 e. The standard InChI is InChI=1S/C20H22N6O2S2/c1-9-4-5-13-14(8-9)30-19-15(13)18(27)22-16(23-19)11(3)29-20-25-24-17(26(20)21)12-6-7-28-10(12)2/h6-7,9,11H,4-5,8,21H2,1-3H3,(H,22,23,27)/t9-,11-/m0/s1. The second-order valence-electron chi connectivity index (χ2n) is 7.81. The van der Waals surface area contributed by atoms with E-state index in [4.69, 9.17) is 15.2 Å². The summed E-state index contributed by atoms with van der Waals surface area (Å²) in [6.07, 6.45) is 4.70. The van der Waals surface area contributed by atoms with Crippen LogP contribution in [0.4, 0.5) is 0 Å². The second-order valence-corrected chi connectivity index (χ2v) is 10.2. The molecular formula is C20H22N6O2S2. The van der Waals surface area contributed by atoms with Gasteiger partial charge < -0.3 is 15.2 Å². The van der Waals surface area contributed by atoms with Crippen molar-refractivity contribution in [2.24, 2.45) is 5.92 Å². The molecule has 0 spiro atoms. The summed E-state index contributed by atoms with van der Waals surface area (Å²) in [5.74, 6) is 8.77. The lowest BCUT2D eigenvalue weighted by Gasteiger charge is -2.17. The molecule has 30 heavy (non-hydrogen) atoms.